The van der Waals surface area contributed by atoms with Gasteiger partial charge in [-0.1, -0.05) is 12.1 Å². The highest BCUT2D eigenvalue weighted by molar-refractivity contribution is 5.86. The van der Waals surface area contributed by atoms with Crippen molar-refractivity contribution in [1.29, 1.82) is 0 Å². The maximum atomic E-state index is 13.1. The Kier molecular flexibility index (Phi) is 7.34. The summed E-state index contributed by atoms with van der Waals surface area (Å²) in [6.45, 7) is 2.71. The molecule has 2 aliphatic rings. The van der Waals surface area contributed by atoms with Crippen LogP contribution >= 0.6 is 0 Å². The molecule has 0 bridgehead atoms. The molecule has 2 aliphatic heterocycles. The molecule has 0 saturated carbocycles. The van der Waals surface area contributed by atoms with Crippen LogP contribution in [0.25, 0.3) is 0 Å². The number of pyridine rings is 1. The summed E-state index contributed by atoms with van der Waals surface area (Å²) >= 11 is 0. The van der Waals surface area contributed by atoms with E-state index in [9.17, 15) is 9.59 Å². The van der Waals surface area contributed by atoms with E-state index < -0.39 is 0 Å². The number of rotatable bonds is 7. The first-order valence-electron chi connectivity index (χ1n) is 10.9. The summed E-state index contributed by atoms with van der Waals surface area (Å²) in [5.41, 5.74) is 2.00. The molecule has 8 heteroatoms. The number of aromatic nitrogens is 1. The molecule has 1 aromatic carbocycles. The smallest absolute Gasteiger partial charge is 0.242 e. The average molecular weight is 440 g/mol. The number of carbonyl (C=O) groups is 2. The summed E-state index contributed by atoms with van der Waals surface area (Å²) in [6, 6.07) is 11.5. The summed E-state index contributed by atoms with van der Waals surface area (Å²) in [5, 5.41) is 0. The monoisotopic (exact) mass is 439 g/mol. The zero-order valence-electron chi connectivity index (χ0n) is 18.3. The Balaban J connectivity index is 1.48. The lowest BCUT2D eigenvalue weighted by atomic mass is 10.1. The maximum absolute atomic E-state index is 13.1. The summed E-state index contributed by atoms with van der Waals surface area (Å²) < 4.78 is 16.8. The molecular formula is C24H29N3O5. The Bertz CT molecular complexity index is 900. The quantitative estimate of drug-likeness (QED) is 0.655. The molecule has 170 valence electrons. The first-order chi connectivity index (χ1) is 15.6. The predicted molar refractivity (Wildman–Crippen MR) is 117 cm³/mol. The van der Waals surface area contributed by atoms with E-state index in [-0.39, 0.29) is 30.4 Å². The Hall–Kier alpha value is -2.97. The number of methoxy groups -OCH3 is 1. The third-order valence-electron chi connectivity index (χ3n) is 5.89. The SMILES string of the molecule is COc1ccc(CN2C[C@H](OCc3ccncc3)CN(C(=O)[C@@H]3CCOC3)CC2=O)cc1. The van der Waals surface area contributed by atoms with Gasteiger partial charge in [0.2, 0.25) is 11.8 Å². The number of nitrogens with zero attached hydrogens (tertiary/aromatic N) is 3. The molecule has 4 rings (SSSR count). The van der Waals surface area contributed by atoms with Crippen LogP contribution in [0.3, 0.4) is 0 Å². The molecule has 2 atom stereocenters. The molecule has 2 saturated heterocycles. The molecule has 0 spiro atoms. The highest BCUT2D eigenvalue weighted by atomic mass is 16.5. The number of hydrogen-bond acceptors (Lipinski definition) is 6. The van der Waals surface area contributed by atoms with E-state index in [0.29, 0.717) is 45.9 Å². The summed E-state index contributed by atoms with van der Waals surface area (Å²) in [7, 11) is 1.62. The first kappa shape index (κ1) is 22.2. The zero-order valence-corrected chi connectivity index (χ0v) is 18.3. The topological polar surface area (TPSA) is 81.2 Å². The van der Waals surface area contributed by atoms with Gasteiger partial charge in [-0.05, 0) is 41.8 Å². The van der Waals surface area contributed by atoms with Crippen LogP contribution in [-0.4, -0.2) is 72.7 Å². The Morgan fingerprint density at radius 3 is 2.59 bits per heavy atom. The van der Waals surface area contributed by atoms with E-state index in [1.807, 2.05) is 36.4 Å². The Morgan fingerprint density at radius 1 is 1.12 bits per heavy atom. The predicted octanol–water partition coefficient (Wildman–Crippen LogP) is 1.88. The fourth-order valence-electron chi connectivity index (χ4n) is 4.04. The molecule has 2 aromatic rings. The van der Waals surface area contributed by atoms with Crippen molar-refractivity contribution in [2.45, 2.75) is 25.7 Å². The van der Waals surface area contributed by atoms with Crippen LogP contribution in [0, 0.1) is 5.92 Å². The van der Waals surface area contributed by atoms with Crippen molar-refractivity contribution in [3.63, 3.8) is 0 Å². The second-order valence-corrected chi connectivity index (χ2v) is 8.19. The van der Waals surface area contributed by atoms with Crippen LogP contribution in [0.5, 0.6) is 5.75 Å². The van der Waals surface area contributed by atoms with Crippen LogP contribution in [0.2, 0.25) is 0 Å². The van der Waals surface area contributed by atoms with Crippen LogP contribution in [0.15, 0.2) is 48.8 Å². The van der Waals surface area contributed by atoms with Crippen molar-refractivity contribution in [3.8, 4) is 5.75 Å². The highest BCUT2D eigenvalue weighted by Crippen LogP contribution is 2.20. The van der Waals surface area contributed by atoms with Gasteiger partial charge in [-0.15, -0.1) is 0 Å². The van der Waals surface area contributed by atoms with Gasteiger partial charge in [0.05, 0.1) is 38.9 Å². The zero-order chi connectivity index (χ0) is 22.3. The van der Waals surface area contributed by atoms with Gasteiger partial charge in [0.15, 0.2) is 0 Å². The van der Waals surface area contributed by atoms with Gasteiger partial charge < -0.3 is 24.0 Å². The van der Waals surface area contributed by atoms with Gasteiger partial charge in [0.1, 0.15) is 5.75 Å². The third kappa shape index (κ3) is 5.63. The molecule has 32 heavy (non-hydrogen) atoms. The molecule has 8 nitrogen and oxygen atoms in total. The van der Waals surface area contributed by atoms with E-state index in [2.05, 4.69) is 4.98 Å². The van der Waals surface area contributed by atoms with Crippen molar-refractivity contribution < 1.29 is 23.8 Å². The lowest BCUT2D eigenvalue weighted by Gasteiger charge is -2.26. The third-order valence-corrected chi connectivity index (χ3v) is 5.89. The Morgan fingerprint density at radius 2 is 1.91 bits per heavy atom. The molecule has 0 radical (unpaired) electrons. The molecule has 3 heterocycles. The second-order valence-electron chi connectivity index (χ2n) is 8.19. The van der Waals surface area contributed by atoms with Crippen LogP contribution < -0.4 is 4.74 Å². The Labute approximate surface area is 188 Å². The van der Waals surface area contributed by atoms with Crippen LogP contribution in [0.1, 0.15) is 17.5 Å². The summed E-state index contributed by atoms with van der Waals surface area (Å²) in [6.07, 6.45) is 3.85. The van der Waals surface area contributed by atoms with Crippen LogP contribution in [-0.2, 0) is 32.2 Å². The van der Waals surface area contributed by atoms with Crippen LogP contribution in [0.4, 0.5) is 0 Å². The minimum atomic E-state index is -0.292. The van der Waals surface area contributed by atoms with Gasteiger partial charge in [-0.25, -0.2) is 0 Å². The maximum Gasteiger partial charge on any atom is 0.242 e. The lowest BCUT2D eigenvalue weighted by molar-refractivity contribution is -0.141. The molecular weight excluding hydrogens is 410 g/mol. The van der Waals surface area contributed by atoms with Gasteiger partial charge in [0.25, 0.3) is 0 Å². The number of ether oxygens (including phenoxy) is 3. The van der Waals surface area contributed by atoms with Gasteiger partial charge >= 0.3 is 0 Å². The van der Waals surface area contributed by atoms with E-state index in [1.54, 1.807) is 29.3 Å². The molecule has 0 unspecified atom stereocenters. The minimum absolute atomic E-state index is 0.0281. The fourth-order valence-corrected chi connectivity index (χ4v) is 4.04. The average Bonchev–Trinajstić information content (AvgIpc) is 3.32. The molecule has 0 aliphatic carbocycles. The number of benzene rings is 1. The standard InChI is InChI=1S/C24H29N3O5/c1-30-21-4-2-18(3-5-21)12-26-13-22(32-16-19-6-9-25-10-7-19)14-27(15-23(26)28)24(29)20-8-11-31-17-20/h2-7,9-10,20,22H,8,11-17H2,1H3/t20-,22+/m1/s1. The van der Waals surface area contributed by atoms with Gasteiger partial charge in [-0.2, -0.15) is 0 Å². The van der Waals surface area contributed by atoms with Crippen molar-refractivity contribution in [3.05, 3.63) is 59.9 Å². The lowest BCUT2D eigenvalue weighted by Crippen LogP contribution is -2.43. The molecule has 2 amide bonds. The van der Waals surface area contributed by atoms with Crippen molar-refractivity contribution in [2.24, 2.45) is 5.92 Å². The first-order valence-corrected chi connectivity index (χ1v) is 10.9. The highest BCUT2D eigenvalue weighted by Gasteiger charge is 2.35. The largest absolute Gasteiger partial charge is 0.497 e. The number of hydrogen-bond donors (Lipinski definition) is 0. The normalized spacial score (nSPS) is 21.5. The van der Waals surface area contributed by atoms with Gasteiger partial charge in [-0.3, -0.25) is 14.6 Å². The summed E-state index contributed by atoms with van der Waals surface area (Å²) in [4.78, 5) is 33.6. The molecule has 2 fully saturated rings. The molecule has 1 aromatic heterocycles. The summed E-state index contributed by atoms with van der Waals surface area (Å²) in [5.74, 6) is 0.476. The van der Waals surface area contributed by atoms with E-state index in [0.717, 1.165) is 16.9 Å². The molecule has 0 N–H and O–H groups in total. The van der Waals surface area contributed by atoms with Crippen molar-refractivity contribution >= 4 is 11.8 Å². The number of carbonyl (C=O) groups excluding carboxylic acids is 2. The van der Waals surface area contributed by atoms with E-state index in [1.165, 1.54) is 0 Å². The van der Waals surface area contributed by atoms with Crippen molar-refractivity contribution in [1.82, 2.24) is 14.8 Å². The van der Waals surface area contributed by atoms with E-state index in [4.69, 9.17) is 14.2 Å². The minimum Gasteiger partial charge on any atom is -0.497 e. The second kappa shape index (κ2) is 10.6. The van der Waals surface area contributed by atoms with Gasteiger partial charge in [0, 0.05) is 38.6 Å². The fraction of sp³-hybridized carbons (Fsp3) is 0.458. The van der Waals surface area contributed by atoms with E-state index >= 15 is 0 Å². The van der Waals surface area contributed by atoms with Crippen molar-refractivity contribution in [2.75, 3.05) is 40.0 Å². The number of amides is 2.